The van der Waals surface area contributed by atoms with E-state index >= 15 is 0 Å². The van der Waals surface area contributed by atoms with E-state index in [2.05, 4.69) is 4.99 Å². The molecule has 1 unspecified atom stereocenters. The lowest BCUT2D eigenvalue weighted by molar-refractivity contribution is -0.539. The van der Waals surface area contributed by atoms with Gasteiger partial charge in [0.25, 0.3) is 0 Å². The van der Waals surface area contributed by atoms with Gasteiger partial charge in [0.2, 0.25) is 0 Å². The molecule has 2 rings (SSSR count). The Morgan fingerprint density at radius 1 is 1.33 bits per heavy atom. The first-order valence-electron chi connectivity index (χ1n) is 5.22. The van der Waals surface area contributed by atoms with Crippen LogP contribution in [0.1, 0.15) is 5.56 Å². The van der Waals surface area contributed by atoms with Crippen molar-refractivity contribution < 1.29 is 23.2 Å². The fraction of sp³-hybridized carbons (Fsp3) is 0.273. The van der Waals surface area contributed by atoms with Gasteiger partial charge in [-0.2, -0.15) is 4.99 Å². The molecule has 18 heavy (non-hydrogen) atoms. The van der Waals surface area contributed by atoms with Gasteiger partial charge in [-0.05, 0) is 6.07 Å². The summed E-state index contributed by atoms with van der Waals surface area (Å²) in [6.45, 7) is 0.524. The zero-order valence-electron chi connectivity index (χ0n) is 9.29. The lowest BCUT2D eigenvalue weighted by atomic mass is 9.99. The van der Waals surface area contributed by atoms with E-state index in [0.717, 1.165) is 12.4 Å². The highest BCUT2D eigenvalue weighted by atomic mass is 19.2. The maximum Gasteiger partial charge on any atom is 0.188 e. The van der Waals surface area contributed by atoms with E-state index < -0.39 is 23.1 Å². The minimum Gasteiger partial charge on any atom is -0.358 e. The summed E-state index contributed by atoms with van der Waals surface area (Å²) in [6.07, 6.45) is 2.23. The third-order valence-corrected chi connectivity index (χ3v) is 2.71. The highest BCUT2D eigenvalue weighted by molar-refractivity contribution is 5.63. The van der Waals surface area contributed by atoms with E-state index in [1.54, 1.807) is 5.32 Å². The number of quaternary nitrogens is 1. The van der Waals surface area contributed by atoms with Gasteiger partial charge in [0, 0.05) is 11.6 Å². The number of hydrogen-bond donors (Lipinski definition) is 2. The van der Waals surface area contributed by atoms with Crippen molar-refractivity contribution in [1.82, 2.24) is 0 Å². The van der Waals surface area contributed by atoms with E-state index in [-0.39, 0.29) is 18.7 Å². The number of nitrogens with one attached hydrogen (secondary N) is 1. The molecule has 0 saturated carbocycles. The second-order valence-electron chi connectivity index (χ2n) is 3.90. The van der Waals surface area contributed by atoms with Crippen molar-refractivity contribution in [3.8, 4) is 0 Å². The van der Waals surface area contributed by atoms with Crippen LogP contribution in [-0.2, 0) is 10.3 Å². The maximum atomic E-state index is 13.6. The molecule has 1 aliphatic rings. The molecule has 1 fully saturated rings. The molecule has 1 saturated heterocycles. The topological polar surface area (TPSA) is 65.3 Å². The minimum absolute atomic E-state index is 0.000836. The Labute approximate surface area is 101 Å². The van der Waals surface area contributed by atoms with Crippen LogP contribution < -0.4 is 5.32 Å². The van der Waals surface area contributed by atoms with Crippen molar-refractivity contribution >= 4 is 12.7 Å². The van der Waals surface area contributed by atoms with Crippen molar-refractivity contribution in [3.05, 3.63) is 35.1 Å². The van der Waals surface area contributed by atoms with Crippen LogP contribution in [-0.4, -0.2) is 25.8 Å². The third kappa shape index (κ3) is 2.41. The Hall–Kier alpha value is -1.73. The largest absolute Gasteiger partial charge is 0.358 e. The third-order valence-electron chi connectivity index (χ3n) is 2.71. The van der Waals surface area contributed by atoms with Gasteiger partial charge < -0.3 is 10.1 Å². The molecule has 1 aromatic rings. The number of ether oxygens (including phenoxy) is 1. The first-order valence-corrected chi connectivity index (χ1v) is 5.22. The number of halogens is 3. The van der Waals surface area contributed by atoms with Crippen LogP contribution in [0.3, 0.4) is 0 Å². The van der Waals surface area contributed by atoms with Crippen molar-refractivity contribution in [2.75, 3.05) is 13.2 Å². The van der Waals surface area contributed by atoms with E-state index in [1.165, 1.54) is 6.34 Å². The van der Waals surface area contributed by atoms with E-state index in [9.17, 15) is 13.2 Å². The molecule has 1 aliphatic heterocycles. The highest BCUT2D eigenvalue weighted by Crippen LogP contribution is 2.39. The summed E-state index contributed by atoms with van der Waals surface area (Å²) < 4.78 is 44.6. The van der Waals surface area contributed by atoms with Crippen LogP contribution in [0.5, 0.6) is 0 Å². The van der Waals surface area contributed by atoms with Crippen LogP contribution in [0.2, 0.25) is 0 Å². The Morgan fingerprint density at radius 3 is 2.61 bits per heavy atom. The monoisotopic (exact) mass is 258 g/mol. The molecular weight excluding hydrogens is 247 g/mol. The number of aliphatic imine (C=N–C) groups is 1. The molecule has 0 radical (unpaired) electrons. The Kier molecular flexibility index (Phi) is 3.44. The molecule has 0 amide bonds. The molecule has 4 nitrogen and oxygen atoms in total. The van der Waals surface area contributed by atoms with Gasteiger partial charge in [0.05, 0.1) is 6.61 Å². The Morgan fingerprint density at radius 2 is 2.00 bits per heavy atom. The average Bonchev–Trinajstić information content (AvgIpc) is 3.10. The van der Waals surface area contributed by atoms with Crippen molar-refractivity contribution in [3.63, 3.8) is 0 Å². The zero-order chi connectivity index (χ0) is 13.2. The van der Waals surface area contributed by atoms with Crippen LogP contribution in [0.4, 0.5) is 13.2 Å². The lowest BCUT2D eigenvalue weighted by Crippen LogP contribution is -2.85. The molecule has 0 aliphatic carbocycles. The van der Waals surface area contributed by atoms with Crippen LogP contribution in [0, 0.1) is 22.9 Å². The highest BCUT2D eigenvalue weighted by Gasteiger charge is 2.50. The summed E-state index contributed by atoms with van der Waals surface area (Å²) in [4.78, 5) is 3.53. The normalized spacial score (nSPS) is 22.4. The summed E-state index contributed by atoms with van der Waals surface area (Å²) in [6, 6.07) is 1.33. The predicted molar refractivity (Wildman–Crippen MR) is 58.0 cm³/mol. The summed E-state index contributed by atoms with van der Waals surface area (Å²) >= 11 is 0. The van der Waals surface area contributed by atoms with Gasteiger partial charge in [0.15, 0.2) is 23.6 Å². The van der Waals surface area contributed by atoms with Crippen LogP contribution in [0.15, 0.2) is 17.1 Å². The maximum absolute atomic E-state index is 13.6. The fourth-order valence-corrected chi connectivity index (χ4v) is 1.69. The lowest BCUT2D eigenvalue weighted by Gasteiger charge is -2.10. The number of hydrogen-bond acceptors (Lipinski definition) is 2. The molecule has 1 aromatic carbocycles. The van der Waals surface area contributed by atoms with Gasteiger partial charge in [-0.1, -0.05) is 0 Å². The molecule has 3 N–H and O–H groups in total. The molecular formula is C11H11F3N3O+. The zero-order valence-corrected chi connectivity index (χ0v) is 9.29. The summed E-state index contributed by atoms with van der Waals surface area (Å²) in [5.74, 6) is -3.15. The second-order valence-corrected chi connectivity index (χ2v) is 3.90. The second kappa shape index (κ2) is 4.87. The standard InChI is InChI=1S/C11H10F3N3O/c12-8-2-10(14)9(13)1-7(8)11(4-18-11)3-16-6-17-5-15/h1-2,5-6H,3-4H2,(H2,15,16,17)/p+1. The SMILES string of the molecule is N=CN=C[NH2+]CC1(c2cc(F)c(F)cc2F)CO1. The molecule has 0 aromatic heterocycles. The van der Waals surface area contributed by atoms with E-state index in [1.807, 2.05) is 0 Å². The number of nitrogens with zero attached hydrogens (tertiary/aromatic N) is 1. The number of epoxide rings is 1. The first-order chi connectivity index (χ1) is 8.59. The minimum atomic E-state index is -1.22. The molecule has 96 valence electrons. The average molecular weight is 258 g/mol. The number of nitrogens with two attached hydrogens (primary N) is 1. The van der Waals surface area contributed by atoms with Crippen molar-refractivity contribution in [1.29, 1.82) is 5.41 Å². The summed E-state index contributed by atoms with van der Waals surface area (Å²) in [5.41, 5.74) is -0.937. The first kappa shape index (κ1) is 12.7. The van der Waals surface area contributed by atoms with Crippen molar-refractivity contribution in [2.45, 2.75) is 5.60 Å². The van der Waals surface area contributed by atoms with Crippen LogP contribution >= 0.6 is 0 Å². The Balaban J connectivity index is 2.17. The van der Waals surface area contributed by atoms with Gasteiger partial charge in [-0.3, -0.25) is 5.41 Å². The van der Waals surface area contributed by atoms with Gasteiger partial charge >= 0.3 is 0 Å². The predicted octanol–water partition coefficient (Wildman–Crippen LogP) is 0.528. The Bertz CT molecular complexity index is 501. The molecule has 0 spiro atoms. The van der Waals surface area contributed by atoms with E-state index in [4.69, 9.17) is 10.1 Å². The van der Waals surface area contributed by atoms with Gasteiger partial charge in [-0.25, -0.2) is 13.2 Å². The summed E-state index contributed by atoms with van der Waals surface area (Å²) in [5, 5.41) is 8.26. The van der Waals surface area contributed by atoms with Gasteiger partial charge in [0.1, 0.15) is 18.7 Å². The quantitative estimate of drug-likeness (QED) is 0.344. The fourth-order valence-electron chi connectivity index (χ4n) is 1.69. The number of benzene rings is 1. The number of rotatable bonds is 5. The summed E-state index contributed by atoms with van der Waals surface area (Å²) in [7, 11) is 0. The molecule has 1 atom stereocenters. The van der Waals surface area contributed by atoms with E-state index in [0.29, 0.717) is 6.07 Å². The van der Waals surface area contributed by atoms with Crippen LogP contribution in [0.25, 0.3) is 0 Å². The molecule has 7 heteroatoms. The van der Waals surface area contributed by atoms with Gasteiger partial charge in [-0.15, -0.1) is 0 Å². The molecule has 0 bridgehead atoms. The smallest absolute Gasteiger partial charge is 0.188 e. The molecule has 1 heterocycles. The van der Waals surface area contributed by atoms with Crippen molar-refractivity contribution in [2.24, 2.45) is 4.99 Å².